The molecule has 3 aliphatic rings. The Morgan fingerprint density at radius 2 is 1.33 bits per heavy atom. The van der Waals surface area contributed by atoms with Gasteiger partial charge in [-0.2, -0.15) is 0 Å². The Morgan fingerprint density at radius 3 is 2.23 bits per heavy atom. The summed E-state index contributed by atoms with van der Waals surface area (Å²) in [6.45, 7) is 0. The molecule has 1 heterocycles. The van der Waals surface area contributed by atoms with Crippen molar-refractivity contribution in [1.82, 2.24) is 0 Å². The smallest absolute Gasteiger partial charge is 0.134 e. The van der Waals surface area contributed by atoms with Crippen LogP contribution in [-0.2, 0) is 19.3 Å². The molecule has 0 spiro atoms. The van der Waals surface area contributed by atoms with Gasteiger partial charge < -0.3 is 9.32 Å². The fourth-order valence-electron chi connectivity index (χ4n) is 7.36. The van der Waals surface area contributed by atoms with Crippen molar-refractivity contribution >= 4 is 33.6 Å². The van der Waals surface area contributed by atoms with Crippen LogP contribution in [0.3, 0.4) is 0 Å². The van der Waals surface area contributed by atoms with Crippen molar-refractivity contribution in [2.75, 3.05) is 4.90 Å². The lowest BCUT2D eigenvalue weighted by Crippen LogP contribution is -2.10. The summed E-state index contributed by atoms with van der Waals surface area (Å²) in [7, 11) is 0. The van der Waals surface area contributed by atoms with Crippen molar-refractivity contribution in [3.05, 3.63) is 155 Å². The molecule has 0 bridgehead atoms. The summed E-state index contributed by atoms with van der Waals surface area (Å²) in [4.78, 5) is 2.38. The Balaban J connectivity index is 1.10. The fourth-order valence-corrected chi connectivity index (χ4v) is 7.36. The second-order valence-electron chi connectivity index (χ2n) is 11.9. The van der Waals surface area contributed by atoms with Gasteiger partial charge in [0, 0.05) is 34.4 Å². The number of fused-ring (bicyclic) bond motifs is 8. The zero-order valence-corrected chi connectivity index (χ0v) is 24.0. The molecule has 3 aliphatic carbocycles. The predicted octanol–water partition coefficient (Wildman–Crippen LogP) is 11.0. The summed E-state index contributed by atoms with van der Waals surface area (Å²) < 4.78 is 6.26. The van der Waals surface area contributed by atoms with E-state index in [2.05, 4.69) is 132 Å². The van der Waals surface area contributed by atoms with Gasteiger partial charge in [0.15, 0.2) is 0 Å². The van der Waals surface area contributed by atoms with Gasteiger partial charge in [-0.1, -0.05) is 78.9 Å². The standard InChI is InChI=1S/C41H31NO/c1-2-9-32(10-3-1)42(34-21-22-36-31(25-34)24-30-8-4-5-11-35(30)36)33-19-16-27(17-20-33)29-15-14-28-18-23-40-41(38(28)26-29)37-12-6-7-13-39(37)43-40/h1-3,6-17,19-22,25-26H,4-5,18,23-24H2. The highest BCUT2D eigenvalue weighted by Gasteiger charge is 2.25. The summed E-state index contributed by atoms with van der Waals surface area (Å²) in [5.41, 5.74) is 16.7. The highest BCUT2D eigenvalue weighted by molar-refractivity contribution is 5.98. The van der Waals surface area contributed by atoms with Gasteiger partial charge in [-0.25, -0.2) is 0 Å². The Hall–Kier alpha value is -5.08. The zero-order chi connectivity index (χ0) is 28.3. The van der Waals surface area contributed by atoms with Crippen LogP contribution < -0.4 is 4.90 Å². The Bertz CT molecular complexity index is 2090. The largest absolute Gasteiger partial charge is 0.460 e. The maximum atomic E-state index is 6.26. The van der Waals surface area contributed by atoms with Crippen molar-refractivity contribution in [2.45, 2.75) is 32.1 Å². The molecule has 0 aliphatic heterocycles. The zero-order valence-electron chi connectivity index (χ0n) is 24.0. The van der Waals surface area contributed by atoms with Crippen LogP contribution in [0, 0.1) is 0 Å². The van der Waals surface area contributed by atoms with Crippen LogP contribution in [0.1, 0.15) is 35.3 Å². The monoisotopic (exact) mass is 553 g/mol. The number of furan rings is 1. The molecule has 0 amide bonds. The van der Waals surface area contributed by atoms with E-state index in [1.54, 1.807) is 0 Å². The first kappa shape index (κ1) is 24.5. The third-order valence-corrected chi connectivity index (χ3v) is 9.41. The van der Waals surface area contributed by atoms with Gasteiger partial charge in [0.05, 0.1) is 0 Å². The quantitative estimate of drug-likeness (QED) is 0.216. The first-order valence-corrected chi connectivity index (χ1v) is 15.4. The van der Waals surface area contributed by atoms with Crippen molar-refractivity contribution in [3.63, 3.8) is 0 Å². The van der Waals surface area contributed by atoms with E-state index in [0.29, 0.717) is 0 Å². The second kappa shape index (κ2) is 9.74. The Morgan fingerprint density at radius 1 is 0.558 bits per heavy atom. The number of aryl methyl sites for hydroxylation is 2. The highest BCUT2D eigenvalue weighted by Crippen LogP contribution is 2.45. The van der Waals surface area contributed by atoms with E-state index in [1.165, 1.54) is 61.2 Å². The number of nitrogens with zero attached hydrogens (tertiary/aromatic N) is 1. The van der Waals surface area contributed by atoms with Crippen molar-refractivity contribution in [2.24, 2.45) is 0 Å². The van der Waals surface area contributed by atoms with E-state index in [1.807, 2.05) is 0 Å². The fraction of sp³-hybridized carbons (Fsp3) is 0.122. The number of rotatable bonds is 4. The molecule has 9 rings (SSSR count). The van der Waals surface area contributed by atoms with Crippen molar-refractivity contribution in [3.8, 4) is 22.3 Å². The molecule has 5 aromatic carbocycles. The maximum absolute atomic E-state index is 6.26. The van der Waals surface area contributed by atoms with Crippen LogP contribution in [-0.4, -0.2) is 0 Å². The molecule has 0 N–H and O–H groups in total. The molecule has 43 heavy (non-hydrogen) atoms. The van der Waals surface area contributed by atoms with E-state index in [0.717, 1.165) is 54.8 Å². The van der Waals surface area contributed by atoms with E-state index >= 15 is 0 Å². The maximum Gasteiger partial charge on any atom is 0.134 e. The minimum absolute atomic E-state index is 0.957. The molecular weight excluding hydrogens is 522 g/mol. The topological polar surface area (TPSA) is 16.4 Å². The molecule has 2 nitrogen and oxygen atoms in total. The normalized spacial score (nSPS) is 14.8. The van der Waals surface area contributed by atoms with Gasteiger partial charge in [-0.05, 0) is 119 Å². The van der Waals surface area contributed by atoms with Gasteiger partial charge in [-0.15, -0.1) is 0 Å². The summed E-state index contributed by atoms with van der Waals surface area (Å²) in [5.74, 6) is 1.11. The van der Waals surface area contributed by atoms with Gasteiger partial charge in [-0.3, -0.25) is 0 Å². The van der Waals surface area contributed by atoms with Gasteiger partial charge in [0.25, 0.3) is 0 Å². The molecular formula is C41H31NO. The van der Waals surface area contributed by atoms with Gasteiger partial charge >= 0.3 is 0 Å². The number of hydrogen-bond acceptors (Lipinski definition) is 2. The molecule has 0 radical (unpaired) electrons. The number of para-hydroxylation sites is 2. The third kappa shape index (κ3) is 4.01. The van der Waals surface area contributed by atoms with E-state index in [-0.39, 0.29) is 0 Å². The van der Waals surface area contributed by atoms with E-state index < -0.39 is 0 Å². The minimum Gasteiger partial charge on any atom is -0.460 e. The van der Waals surface area contributed by atoms with Crippen LogP contribution in [0.25, 0.3) is 38.8 Å². The summed E-state index contributed by atoms with van der Waals surface area (Å²) in [5, 5.41) is 1.21. The average Bonchev–Trinajstić information content (AvgIpc) is 3.64. The molecule has 206 valence electrons. The number of allylic oxidation sites excluding steroid dienone is 4. The third-order valence-electron chi connectivity index (χ3n) is 9.41. The van der Waals surface area contributed by atoms with Crippen LogP contribution in [0.2, 0.25) is 0 Å². The van der Waals surface area contributed by atoms with Gasteiger partial charge in [0.1, 0.15) is 11.3 Å². The summed E-state index contributed by atoms with van der Waals surface area (Å²) >= 11 is 0. The summed E-state index contributed by atoms with van der Waals surface area (Å²) in [6, 6.07) is 42.2. The van der Waals surface area contributed by atoms with E-state index in [9.17, 15) is 0 Å². The van der Waals surface area contributed by atoms with Crippen LogP contribution in [0.15, 0.2) is 137 Å². The highest BCUT2D eigenvalue weighted by atomic mass is 16.3. The first-order valence-electron chi connectivity index (χ1n) is 15.4. The molecule has 0 saturated heterocycles. The lowest BCUT2D eigenvalue weighted by molar-refractivity contribution is 0.546. The molecule has 2 heteroatoms. The SMILES string of the molecule is C1=C2Cc3cc(N(c4ccccc4)c4ccc(-c5ccc6c(c5)-c5c(oc7ccccc57)CC6)cc4)ccc3C2=CCC1. The Kier molecular flexibility index (Phi) is 5.55. The second-order valence-corrected chi connectivity index (χ2v) is 11.9. The predicted molar refractivity (Wildman–Crippen MR) is 178 cm³/mol. The number of benzene rings is 5. The lowest BCUT2D eigenvalue weighted by Gasteiger charge is -2.26. The van der Waals surface area contributed by atoms with Crippen molar-refractivity contribution < 1.29 is 4.42 Å². The van der Waals surface area contributed by atoms with Crippen LogP contribution in [0.5, 0.6) is 0 Å². The molecule has 0 fully saturated rings. The number of anilines is 3. The first-order chi connectivity index (χ1) is 21.3. The molecule has 0 atom stereocenters. The average molecular weight is 554 g/mol. The lowest BCUT2D eigenvalue weighted by atomic mass is 9.86. The summed E-state index contributed by atoms with van der Waals surface area (Å²) in [6.07, 6.45) is 10.2. The Labute approximate surface area is 252 Å². The molecule has 0 saturated carbocycles. The van der Waals surface area contributed by atoms with Gasteiger partial charge in [0.2, 0.25) is 0 Å². The van der Waals surface area contributed by atoms with Crippen LogP contribution >= 0.6 is 0 Å². The van der Waals surface area contributed by atoms with E-state index in [4.69, 9.17) is 4.42 Å². The molecule has 1 aromatic heterocycles. The van der Waals surface area contributed by atoms with Crippen molar-refractivity contribution in [1.29, 1.82) is 0 Å². The molecule has 0 unspecified atom stereocenters. The number of hydrogen-bond donors (Lipinski definition) is 0. The minimum atomic E-state index is 0.957. The van der Waals surface area contributed by atoms with Crippen LogP contribution in [0.4, 0.5) is 17.1 Å². The molecule has 6 aromatic rings.